The lowest BCUT2D eigenvalue weighted by Crippen LogP contribution is -2.35. The molecule has 0 saturated carbocycles. The molecular formula is C11H13FN2S. The van der Waals surface area contributed by atoms with Crippen LogP contribution in [0, 0.1) is 11.3 Å². The van der Waals surface area contributed by atoms with Gasteiger partial charge >= 0.3 is 0 Å². The first-order valence-electron chi connectivity index (χ1n) is 4.94. The number of fused-ring (bicyclic) bond motifs is 1. The minimum absolute atomic E-state index is 0.488. The van der Waals surface area contributed by atoms with E-state index in [1.807, 2.05) is 13.8 Å². The minimum atomic E-state index is -0.883. The summed E-state index contributed by atoms with van der Waals surface area (Å²) in [6, 6.07) is 2.10. The number of nitrogens with zero attached hydrogens (tertiary/aromatic N) is 1. The van der Waals surface area contributed by atoms with Crippen LogP contribution < -0.4 is 5.73 Å². The molecule has 0 saturated heterocycles. The fraction of sp³-hybridized carbons (Fsp3) is 0.545. The van der Waals surface area contributed by atoms with Crippen LogP contribution in [0.3, 0.4) is 0 Å². The van der Waals surface area contributed by atoms with Crippen LogP contribution >= 0.6 is 11.3 Å². The summed E-state index contributed by atoms with van der Waals surface area (Å²) in [5.74, 6) is 0. The van der Waals surface area contributed by atoms with Crippen LogP contribution in [0.2, 0.25) is 0 Å². The van der Waals surface area contributed by atoms with E-state index in [-0.39, 0.29) is 0 Å². The van der Waals surface area contributed by atoms with Crippen molar-refractivity contribution in [1.82, 2.24) is 0 Å². The summed E-state index contributed by atoms with van der Waals surface area (Å²) < 4.78 is 13.8. The molecule has 0 radical (unpaired) electrons. The quantitative estimate of drug-likeness (QED) is 0.736. The predicted octanol–water partition coefficient (Wildman–Crippen LogP) is 2.76. The Kier molecular flexibility index (Phi) is 2.23. The second-order valence-corrected chi connectivity index (χ2v) is 5.62. The summed E-state index contributed by atoms with van der Waals surface area (Å²) >= 11 is 1.43. The highest BCUT2D eigenvalue weighted by Crippen LogP contribution is 2.46. The van der Waals surface area contributed by atoms with Crippen LogP contribution in [0.4, 0.5) is 9.39 Å². The van der Waals surface area contributed by atoms with Gasteiger partial charge in [-0.25, -0.2) is 4.39 Å². The van der Waals surface area contributed by atoms with Gasteiger partial charge in [0, 0.05) is 10.3 Å². The molecular weight excluding hydrogens is 211 g/mol. The van der Waals surface area contributed by atoms with E-state index in [0.29, 0.717) is 23.4 Å². The van der Waals surface area contributed by atoms with Crippen molar-refractivity contribution in [2.24, 2.45) is 0 Å². The van der Waals surface area contributed by atoms with E-state index in [9.17, 15) is 4.39 Å². The Morgan fingerprint density at radius 3 is 2.87 bits per heavy atom. The zero-order valence-electron chi connectivity index (χ0n) is 8.80. The van der Waals surface area contributed by atoms with Gasteiger partial charge in [0.25, 0.3) is 0 Å². The first-order valence-corrected chi connectivity index (χ1v) is 5.76. The van der Waals surface area contributed by atoms with E-state index in [1.165, 1.54) is 11.3 Å². The number of rotatable bonds is 0. The summed E-state index contributed by atoms with van der Waals surface area (Å²) in [5, 5.41) is 9.57. The van der Waals surface area contributed by atoms with Gasteiger partial charge in [-0.15, -0.1) is 11.3 Å². The monoisotopic (exact) mass is 224 g/mol. The van der Waals surface area contributed by atoms with Gasteiger partial charge in [0.05, 0.1) is 5.56 Å². The molecule has 1 aliphatic rings. The number of nitrogen functional groups attached to an aromatic ring is 1. The molecule has 4 heteroatoms. The van der Waals surface area contributed by atoms with E-state index in [4.69, 9.17) is 11.0 Å². The molecule has 15 heavy (non-hydrogen) atoms. The summed E-state index contributed by atoms with van der Waals surface area (Å²) in [4.78, 5) is 1.09. The second kappa shape index (κ2) is 3.21. The number of nitrogens with two attached hydrogens (primary N) is 1. The van der Waals surface area contributed by atoms with Crippen LogP contribution in [-0.4, -0.2) is 6.17 Å². The lowest BCUT2D eigenvalue weighted by molar-refractivity contribution is 0.191. The van der Waals surface area contributed by atoms with Gasteiger partial charge in [0.15, 0.2) is 0 Å². The van der Waals surface area contributed by atoms with Crippen molar-refractivity contribution in [2.75, 3.05) is 5.73 Å². The summed E-state index contributed by atoms with van der Waals surface area (Å²) in [5.41, 5.74) is 6.52. The fourth-order valence-corrected chi connectivity index (χ4v) is 3.44. The zero-order valence-corrected chi connectivity index (χ0v) is 9.62. The molecule has 2 N–H and O–H groups in total. The van der Waals surface area contributed by atoms with Crippen LogP contribution in [0.25, 0.3) is 0 Å². The minimum Gasteiger partial charge on any atom is -0.389 e. The van der Waals surface area contributed by atoms with Gasteiger partial charge < -0.3 is 5.73 Å². The average molecular weight is 224 g/mol. The molecule has 80 valence electrons. The Morgan fingerprint density at radius 2 is 2.27 bits per heavy atom. The van der Waals surface area contributed by atoms with E-state index in [2.05, 4.69) is 6.07 Å². The van der Waals surface area contributed by atoms with E-state index >= 15 is 0 Å². The van der Waals surface area contributed by atoms with Gasteiger partial charge in [-0.05, 0) is 18.4 Å². The molecule has 0 amide bonds. The molecule has 0 bridgehead atoms. The van der Waals surface area contributed by atoms with E-state index in [0.717, 1.165) is 10.4 Å². The van der Waals surface area contributed by atoms with Gasteiger partial charge in [-0.2, -0.15) is 5.26 Å². The Balaban J connectivity index is 2.67. The second-order valence-electron chi connectivity index (χ2n) is 4.48. The number of alkyl halides is 1. The number of halogens is 1. The third-order valence-electron chi connectivity index (χ3n) is 3.17. The first kappa shape index (κ1) is 10.4. The lowest BCUT2D eigenvalue weighted by atomic mass is 9.73. The van der Waals surface area contributed by atoms with Crippen molar-refractivity contribution in [3.05, 3.63) is 16.0 Å². The molecule has 0 fully saturated rings. The lowest BCUT2D eigenvalue weighted by Gasteiger charge is -2.33. The summed E-state index contributed by atoms with van der Waals surface area (Å²) in [6.45, 7) is 3.70. The van der Waals surface area contributed by atoms with Crippen LogP contribution in [-0.2, 0) is 11.8 Å². The molecule has 1 heterocycles. The zero-order chi connectivity index (χ0) is 11.2. The highest BCUT2D eigenvalue weighted by atomic mass is 32.1. The number of hydrogen-bond donors (Lipinski definition) is 1. The SMILES string of the molecule is CC1(C)c2c(sc(N)c2C#N)CCC1F. The van der Waals surface area contributed by atoms with Crippen molar-refractivity contribution in [2.45, 2.75) is 38.3 Å². The summed E-state index contributed by atoms with van der Waals surface area (Å²) in [6.07, 6.45) is 0.354. The average Bonchev–Trinajstić information content (AvgIpc) is 2.50. The molecule has 1 unspecified atom stereocenters. The van der Waals surface area contributed by atoms with E-state index < -0.39 is 11.6 Å². The van der Waals surface area contributed by atoms with Crippen LogP contribution in [0.15, 0.2) is 0 Å². The third kappa shape index (κ3) is 1.34. The molecule has 1 aromatic rings. The molecule has 2 rings (SSSR count). The van der Waals surface area contributed by atoms with Gasteiger partial charge in [-0.3, -0.25) is 0 Å². The number of anilines is 1. The Hall–Kier alpha value is -1.08. The maximum atomic E-state index is 13.8. The fourth-order valence-electron chi connectivity index (χ4n) is 2.24. The largest absolute Gasteiger partial charge is 0.389 e. The normalized spacial score (nSPS) is 23.2. The van der Waals surface area contributed by atoms with Gasteiger partial charge in [0.1, 0.15) is 17.2 Å². The molecule has 0 aromatic carbocycles. The first-order chi connectivity index (χ1) is 6.98. The highest BCUT2D eigenvalue weighted by molar-refractivity contribution is 7.16. The molecule has 2 nitrogen and oxygen atoms in total. The standard InChI is InChI=1S/C11H13FN2S/c1-11(2)8(12)4-3-7-9(11)6(5-13)10(14)15-7/h8H,3-4,14H2,1-2H3. The molecule has 1 aromatic heterocycles. The van der Waals surface area contributed by atoms with Gasteiger partial charge in [0.2, 0.25) is 0 Å². The predicted molar refractivity (Wildman–Crippen MR) is 59.7 cm³/mol. The topological polar surface area (TPSA) is 49.8 Å². The van der Waals surface area contributed by atoms with Crippen molar-refractivity contribution >= 4 is 16.3 Å². The maximum absolute atomic E-state index is 13.8. The van der Waals surface area contributed by atoms with Crippen molar-refractivity contribution in [3.8, 4) is 6.07 Å². The Morgan fingerprint density at radius 1 is 1.60 bits per heavy atom. The number of hydrogen-bond acceptors (Lipinski definition) is 3. The van der Waals surface area contributed by atoms with Crippen LogP contribution in [0.1, 0.15) is 36.3 Å². The van der Waals surface area contributed by atoms with Crippen molar-refractivity contribution in [1.29, 1.82) is 5.26 Å². The molecule has 0 spiro atoms. The third-order valence-corrected chi connectivity index (χ3v) is 4.25. The smallest absolute Gasteiger partial charge is 0.110 e. The Labute approximate surface area is 92.5 Å². The molecule has 1 aliphatic carbocycles. The highest BCUT2D eigenvalue weighted by Gasteiger charge is 2.40. The van der Waals surface area contributed by atoms with Crippen molar-refractivity contribution < 1.29 is 4.39 Å². The molecule has 0 aliphatic heterocycles. The molecule has 1 atom stereocenters. The maximum Gasteiger partial charge on any atom is 0.110 e. The van der Waals surface area contributed by atoms with Gasteiger partial charge in [-0.1, -0.05) is 13.8 Å². The number of aryl methyl sites for hydroxylation is 1. The number of thiophene rings is 1. The number of nitriles is 1. The van der Waals surface area contributed by atoms with Crippen molar-refractivity contribution in [3.63, 3.8) is 0 Å². The van der Waals surface area contributed by atoms with E-state index in [1.54, 1.807) is 0 Å². The Bertz CT molecular complexity index is 442. The summed E-state index contributed by atoms with van der Waals surface area (Å²) in [7, 11) is 0. The van der Waals surface area contributed by atoms with Crippen LogP contribution in [0.5, 0.6) is 0 Å².